The third-order valence-electron chi connectivity index (χ3n) is 7.96. The first-order valence-corrected chi connectivity index (χ1v) is 15.5. The van der Waals surface area contributed by atoms with E-state index in [2.05, 4.69) is 145 Å². The first-order chi connectivity index (χ1) is 17.3. The topological polar surface area (TPSA) is 18.5 Å². The van der Waals surface area contributed by atoms with Crippen LogP contribution in [0.25, 0.3) is 0 Å². The summed E-state index contributed by atoms with van der Waals surface area (Å²) in [6, 6.07) is 15.4. The first kappa shape index (κ1) is 30.9. The van der Waals surface area contributed by atoms with Crippen molar-refractivity contribution in [3.8, 4) is 5.75 Å². The Hall–Kier alpha value is -1.63. The van der Waals surface area contributed by atoms with Gasteiger partial charge in [0.1, 0.15) is 5.75 Å². The van der Waals surface area contributed by atoms with Gasteiger partial charge in [-0.2, -0.15) is 0 Å². The Bertz CT molecular complexity index is 1100. The second kappa shape index (κ2) is 11.1. The number of allylic oxidation sites excluding steroid dienone is 1. The van der Waals surface area contributed by atoms with Gasteiger partial charge in [-0.15, -0.1) is 0 Å². The fourth-order valence-corrected chi connectivity index (χ4v) is 6.56. The molecule has 4 atom stereocenters. The summed E-state index contributed by atoms with van der Waals surface area (Å²) >= 11 is 0. The lowest BCUT2D eigenvalue weighted by Crippen LogP contribution is -2.39. The maximum atomic E-state index is 7.04. The van der Waals surface area contributed by atoms with Crippen LogP contribution in [0.2, 0.25) is 0 Å². The minimum absolute atomic E-state index is 0.00736. The zero-order chi connectivity index (χ0) is 28.7. The number of hydrogen-bond acceptors (Lipinski definition) is 2. The quantitative estimate of drug-likeness (QED) is 0.279. The van der Waals surface area contributed by atoms with E-state index in [4.69, 9.17) is 9.05 Å². The molecule has 0 spiro atoms. The lowest BCUT2D eigenvalue weighted by Gasteiger charge is -2.44. The molecule has 2 nitrogen and oxygen atoms in total. The minimum Gasteiger partial charge on any atom is -0.443 e. The fourth-order valence-electron chi connectivity index (χ4n) is 5.12. The maximum absolute atomic E-state index is 7.04. The molecule has 0 saturated carbocycles. The summed E-state index contributed by atoms with van der Waals surface area (Å²) in [4.78, 5) is 0. The molecule has 0 amide bonds. The van der Waals surface area contributed by atoms with Crippen LogP contribution in [-0.4, -0.2) is 6.10 Å². The zero-order valence-electron chi connectivity index (χ0n) is 26.4. The Morgan fingerprint density at radius 3 is 1.82 bits per heavy atom. The van der Waals surface area contributed by atoms with Crippen molar-refractivity contribution in [3.05, 3.63) is 71.3 Å². The molecule has 38 heavy (non-hydrogen) atoms. The molecule has 0 bridgehead atoms. The van der Waals surface area contributed by atoms with Crippen LogP contribution >= 0.6 is 8.38 Å². The summed E-state index contributed by atoms with van der Waals surface area (Å²) in [5, 5.41) is 1.12. The molecule has 0 N–H and O–H groups in total. The molecular weight excluding hydrogens is 483 g/mol. The summed E-state index contributed by atoms with van der Waals surface area (Å²) in [6.45, 7) is 29.8. The van der Waals surface area contributed by atoms with Crippen molar-refractivity contribution in [1.29, 1.82) is 0 Å². The van der Waals surface area contributed by atoms with Gasteiger partial charge < -0.3 is 9.05 Å². The second-order valence-corrected chi connectivity index (χ2v) is 17.0. The normalized spacial score (nSPS) is 21.9. The molecule has 0 radical (unpaired) electrons. The van der Waals surface area contributed by atoms with E-state index in [1.54, 1.807) is 0 Å². The Morgan fingerprint density at radius 2 is 1.32 bits per heavy atom. The van der Waals surface area contributed by atoms with Crippen molar-refractivity contribution >= 4 is 13.7 Å². The van der Waals surface area contributed by atoms with E-state index in [9.17, 15) is 0 Å². The van der Waals surface area contributed by atoms with Crippen LogP contribution in [0.1, 0.15) is 106 Å². The molecule has 0 fully saturated rings. The molecule has 1 aliphatic rings. The van der Waals surface area contributed by atoms with Crippen LogP contribution in [0.15, 0.2) is 54.6 Å². The van der Waals surface area contributed by atoms with Crippen LogP contribution in [-0.2, 0) is 15.4 Å². The number of benzene rings is 2. The highest BCUT2D eigenvalue weighted by Gasteiger charge is 2.41. The van der Waals surface area contributed by atoms with Gasteiger partial charge in [0.25, 0.3) is 8.38 Å². The monoisotopic (exact) mass is 536 g/mol. The Kier molecular flexibility index (Phi) is 9.02. The van der Waals surface area contributed by atoms with Crippen molar-refractivity contribution in [2.24, 2.45) is 22.7 Å². The molecule has 2 aromatic rings. The Labute approximate surface area is 235 Å². The summed E-state index contributed by atoms with van der Waals surface area (Å²) < 4.78 is 14.0. The van der Waals surface area contributed by atoms with Crippen LogP contribution < -0.4 is 9.83 Å². The minimum atomic E-state index is -1.34. The molecule has 4 unspecified atom stereocenters. The standard InChI is InChI=1S/C35H53O2P/c1-24-14-18-27(19-15-24)38(36-30-20-16-25(32(2,3)4)22-28(30)34(8,9)10)37-31-21-17-26(33(5,6)7)23-29(31)35(11,12)13/h14-22,26,29,31H,23H2,1-13H3. The van der Waals surface area contributed by atoms with Crippen LogP contribution in [0.3, 0.4) is 0 Å². The van der Waals surface area contributed by atoms with Crippen molar-refractivity contribution < 1.29 is 9.05 Å². The highest BCUT2D eigenvalue weighted by atomic mass is 31.2. The van der Waals surface area contributed by atoms with E-state index in [0.29, 0.717) is 11.8 Å². The highest BCUT2D eigenvalue weighted by Crippen LogP contribution is 2.50. The van der Waals surface area contributed by atoms with Gasteiger partial charge in [0.05, 0.1) is 6.10 Å². The van der Waals surface area contributed by atoms with E-state index in [0.717, 1.165) is 17.5 Å². The first-order valence-electron chi connectivity index (χ1n) is 14.3. The fraction of sp³-hybridized carbons (Fsp3) is 0.600. The van der Waals surface area contributed by atoms with Crippen molar-refractivity contribution in [3.63, 3.8) is 0 Å². The highest BCUT2D eigenvalue weighted by molar-refractivity contribution is 7.56. The van der Waals surface area contributed by atoms with Crippen molar-refractivity contribution in [2.75, 3.05) is 0 Å². The lowest BCUT2D eigenvalue weighted by atomic mass is 9.65. The molecule has 3 heteroatoms. The van der Waals surface area contributed by atoms with Crippen molar-refractivity contribution in [1.82, 2.24) is 0 Å². The third kappa shape index (κ3) is 7.73. The van der Waals surface area contributed by atoms with Gasteiger partial charge in [0.2, 0.25) is 0 Å². The maximum Gasteiger partial charge on any atom is 0.265 e. The van der Waals surface area contributed by atoms with Gasteiger partial charge in [-0.3, -0.25) is 0 Å². The lowest BCUT2D eigenvalue weighted by molar-refractivity contribution is 0.0557. The van der Waals surface area contributed by atoms with Gasteiger partial charge in [-0.1, -0.05) is 125 Å². The number of rotatable bonds is 5. The molecule has 0 aliphatic heterocycles. The van der Waals surface area contributed by atoms with E-state index < -0.39 is 8.38 Å². The summed E-state index contributed by atoms with van der Waals surface area (Å²) in [5.41, 5.74) is 4.18. The molecule has 2 aromatic carbocycles. The molecular formula is C35H53O2P. The average molecular weight is 537 g/mol. The molecule has 210 valence electrons. The van der Waals surface area contributed by atoms with E-state index in [-0.39, 0.29) is 27.8 Å². The summed E-state index contributed by atoms with van der Waals surface area (Å²) in [6.07, 6.45) is 5.86. The van der Waals surface area contributed by atoms with E-state index in [1.165, 1.54) is 16.7 Å². The van der Waals surface area contributed by atoms with Crippen molar-refractivity contribution in [2.45, 2.75) is 113 Å². The smallest absolute Gasteiger partial charge is 0.265 e. The number of aryl methyl sites for hydroxylation is 1. The van der Waals surface area contributed by atoms with Gasteiger partial charge in [-0.05, 0) is 70.6 Å². The largest absolute Gasteiger partial charge is 0.443 e. The zero-order valence-corrected chi connectivity index (χ0v) is 27.3. The molecule has 3 rings (SSSR count). The van der Waals surface area contributed by atoms with E-state index in [1.807, 2.05) is 0 Å². The van der Waals surface area contributed by atoms with Crippen LogP contribution in [0, 0.1) is 29.6 Å². The molecule has 0 heterocycles. The van der Waals surface area contributed by atoms with Crippen LogP contribution in [0.4, 0.5) is 0 Å². The molecule has 1 aliphatic carbocycles. The second-order valence-electron chi connectivity index (χ2n) is 15.5. The van der Waals surface area contributed by atoms with Crippen LogP contribution in [0.5, 0.6) is 5.75 Å². The SMILES string of the molecule is Cc1ccc(P(Oc2ccc(C(C)(C)C)cc2C(C)(C)C)OC2C=CC(C(C)(C)C)CC2C(C)(C)C)cc1. The molecule has 0 aromatic heterocycles. The summed E-state index contributed by atoms with van der Waals surface area (Å²) in [5.74, 6) is 1.87. The molecule has 0 saturated heterocycles. The predicted molar refractivity (Wildman–Crippen MR) is 167 cm³/mol. The summed E-state index contributed by atoms with van der Waals surface area (Å²) in [7, 11) is -1.34. The van der Waals surface area contributed by atoms with Gasteiger partial charge in [-0.25, -0.2) is 0 Å². The predicted octanol–water partition coefficient (Wildman–Crippen LogP) is 10.3. The Morgan fingerprint density at radius 1 is 0.711 bits per heavy atom. The van der Waals surface area contributed by atoms with Gasteiger partial charge in [0.15, 0.2) is 0 Å². The third-order valence-corrected chi connectivity index (χ3v) is 9.48. The van der Waals surface area contributed by atoms with Gasteiger partial charge >= 0.3 is 0 Å². The van der Waals surface area contributed by atoms with E-state index >= 15 is 0 Å². The number of hydrogen-bond donors (Lipinski definition) is 0. The Balaban J connectivity index is 2.05. The van der Waals surface area contributed by atoms with Gasteiger partial charge in [0, 0.05) is 10.9 Å². The average Bonchev–Trinajstić information content (AvgIpc) is 2.76.